The molecule has 1 atom stereocenters. The van der Waals surface area contributed by atoms with Crippen molar-refractivity contribution < 1.29 is 23.8 Å². The fourth-order valence-corrected chi connectivity index (χ4v) is 2.53. The lowest BCUT2D eigenvalue weighted by atomic mass is 9.93. The van der Waals surface area contributed by atoms with Crippen LogP contribution in [0, 0.1) is 0 Å². The van der Waals surface area contributed by atoms with Crippen molar-refractivity contribution >= 4 is 12.4 Å². The van der Waals surface area contributed by atoms with Crippen molar-refractivity contribution in [3.63, 3.8) is 0 Å². The number of benzene rings is 1. The summed E-state index contributed by atoms with van der Waals surface area (Å²) < 4.78 is 15.5. The maximum absolute atomic E-state index is 11.9. The van der Waals surface area contributed by atoms with Crippen LogP contribution in [0.5, 0.6) is 11.5 Å². The zero-order chi connectivity index (χ0) is 15.4. The largest absolute Gasteiger partial charge is 0.493 e. The number of methoxy groups -OCH3 is 2. The number of ether oxygens (including phenoxy) is 3. The third-order valence-corrected chi connectivity index (χ3v) is 3.55. The molecule has 0 saturated carbocycles. The zero-order valence-corrected chi connectivity index (χ0v) is 12.4. The summed E-state index contributed by atoms with van der Waals surface area (Å²) in [4.78, 5) is 24.9. The van der Waals surface area contributed by atoms with E-state index in [1.807, 2.05) is 6.07 Å². The van der Waals surface area contributed by atoms with Crippen LogP contribution in [0.2, 0.25) is 0 Å². The summed E-state index contributed by atoms with van der Waals surface area (Å²) in [7, 11) is 3.10. The molecule has 0 N–H and O–H groups in total. The molecule has 2 rings (SSSR count). The Labute approximate surface area is 123 Å². The van der Waals surface area contributed by atoms with E-state index in [-0.39, 0.29) is 6.61 Å². The van der Waals surface area contributed by atoms with Gasteiger partial charge in [-0.2, -0.15) is 0 Å². The first-order chi connectivity index (χ1) is 10.2. The van der Waals surface area contributed by atoms with Crippen LogP contribution in [0.1, 0.15) is 24.1 Å². The second-order valence-electron chi connectivity index (χ2n) is 4.63. The van der Waals surface area contributed by atoms with Gasteiger partial charge < -0.3 is 19.0 Å². The number of aldehydes is 1. The molecule has 0 bridgehead atoms. The first-order valence-electron chi connectivity index (χ1n) is 6.79. The van der Waals surface area contributed by atoms with Gasteiger partial charge in [0.1, 0.15) is 12.3 Å². The molecule has 6 heteroatoms. The Kier molecular flexibility index (Phi) is 4.67. The molecule has 0 unspecified atom stereocenters. The van der Waals surface area contributed by atoms with Gasteiger partial charge >= 0.3 is 6.09 Å². The molecule has 1 aliphatic heterocycles. The van der Waals surface area contributed by atoms with E-state index in [1.54, 1.807) is 20.1 Å². The molecular formula is C15H19NO5. The Hall–Kier alpha value is -2.24. The molecule has 0 radical (unpaired) electrons. The van der Waals surface area contributed by atoms with Gasteiger partial charge in [-0.15, -0.1) is 0 Å². The maximum Gasteiger partial charge on any atom is 0.410 e. The topological polar surface area (TPSA) is 65.1 Å². The SMILES string of the molecule is CCOC(=O)N1CCc2cc(OC)c(OC)cc2[C@@H]1C=O. The Morgan fingerprint density at radius 1 is 1.33 bits per heavy atom. The molecular weight excluding hydrogens is 274 g/mol. The molecule has 0 aromatic heterocycles. The molecule has 21 heavy (non-hydrogen) atoms. The zero-order valence-electron chi connectivity index (χ0n) is 12.4. The average Bonchev–Trinajstić information content (AvgIpc) is 2.52. The lowest BCUT2D eigenvalue weighted by Gasteiger charge is -2.33. The number of fused-ring (bicyclic) bond motifs is 1. The molecule has 1 aromatic carbocycles. The predicted octanol–water partition coefficient (Wildman–Crippen LogP) is 1.96. The van der Waals surface area contributed by atoms with E-state index < -0.39 is 12.1 Å². The predicted molar refractivity (Wildman–Crippen MR) is 75.8 cm³/mol. The van der Waals surface area contributed by atoms with Gasteiger partial charge in [0.25, 0.3) is 0 Å². The fourth-order valence-electron chi connectivity index (χ4n) is 2.53. The van der Waals surface area contributed by atoms with Crippen molar-refractivity contribution in [1.29, 1.82) is 0 Å². The van der Waals surface area contributed by atoms with Gasteiger partial charge in [0, 0.05) is 6.54 Å². The number of hydrogen-bond donors (Lipinski definition) is 0. The molecule has 0 aliphatic carbocycles. The van der Waals surface area contributed by atoms with Gasteiger partial charge in [-0.1, -0.05) is 0 Å². The van der Waals surface area contributed by atoms with Gasteiger partial charge in [0.05, 0.1) is 20.8 Å². The lowest BCUT2D eigenvalue weighted by molar-refractivity contribution is -0.112. The number of rotatable bonds is 4. The van der Waals surface area contributed by atoms with Crippen molar-refractivity contribution in [2.45, 2.75) is 19.4 Å². The van der Waals surface area contributed by atoms with Crippen LogP contribution >= 0.6 is 0 Å². The van der Waals surface area contributed by atoms with E-state index in [4.69, 9.17) is 14.2 Å². The third kappa shape index (κ3) is 2.79. The number of carbonyl (C=O) groups excluding carboxylic acids is 2. The Balaban J connectivity index is 2.41. The summed E-state index contributed by atoms with van der Waals surface area (Å²) in [5, 5.41) is 0. The molecule has 1 aliphatic rings. The summed E-state index contributed by atoms with van der Waals surface area (Å²) >= 11 is 0. The normalized spacial score (nSPS) is 16.9. The van der Waals surface area contributed by atoms with Crippen molar-refractivity contribution in [3.05, 3.63) is 23.3 Å². The monoisotopic (exact) mass is 293 g/mol. The van der Waals surface area contributed by atoms with Crippen LogP contribution in [-0.4, -0.2) is 44.7 Å². The molecule has 0 fully saturated rings. The van der Waals surface area contributed by atoms with Gasteiger partial charge in [0.15, 0.2) is 11.5 Å². The molecule has 1 aromatic rings. The van der Waals surface area contributed by atoms with Gasteiger partial charge in [0.2, 0.25) is 0 Å². The Morgan fingerprint density at radius 2 is 2.00 bits per heavy atom. The van der Waals surface area contributed by atoms with Crippen molar-refractivity contribution in [3.8, 4) is 11.5 Å². The average molecular weight is 293 g/mol. The lowest BCUT2D eigenvalue weighted by Crippen LogP contribution is -2.41. The summed E-state index contributed by atoms with van der Waals surface area (Å²) in [6.45, 7) is 2.45. The third-order valence-electron chi connectivity index (χ3n) is 3.55. The van der Waals surface area contributed by atoms with E-state index in [1.165, 1.54) is 12.0 Å². The quantitative estimate of drug-likeness (QED) is 0.794. The first-order valence-corrected chi connectivity index (χ1v) is 6.79. The second kappa shape index (κ2) is 6.47. The van der Waals surface area contributed by atoms with Gasteiger partial charge in [-0.05, 0) is 36.6 Å². The summed E-state index contributed by atoms with van der Waals surface area (Å²) in [5.41, 5.74) is 1.73. The second-order valence-corrected chi connectivity index (χ2v) is 4.63. The van der Waals surface area contributed by atoms with Crippen LogP contribution in [0.4, 0.5) is 4.79 Å². The highest BCUT2D eigenvalue weighted by molar-refractivity contribution is 5.76. The summed E-state index contributed by atoms with van der Waals surface area (Å²) in [6.07, 6.45) is 0.912. The van der Waals surface area contributed by atoms with Gasteiger partial charge in [-0.25, -0.2) is 4.79 Å². The highest BCUT2D eigenvalue weighted by atomic mass is 16.6. The van der Waals surface area contributed by atoms with E-state index in [2.05, 4.69) is 0 Å². The molecule has 1 amide bonds. The van der Waals surface area contributed by atoms with Crippen molar-refractivity contribution in [1.82, 2.24) is 4.90 Å². The maximum atomic E-state index is 11.9. The van der Waals surface area contributed by atoms with E-state index >= 15 is 0 Å². The summed E-state index contributed by atoms with van der Waals surface area (Å²) in [5.74, 6) is 1.15. The van der Waals surface area contributed by atoms with Crippen LogP contribution < -0.4 is 9.47 Å². The van der Waals surface area contributed by atoms with Crippen LogP contribution in [0.15, 0.2) is 12.1 Å². The standard InChI is InChI=1S/C15H19NO5/c1-4-21-15(18)16-6-5-10-7-13(19-2)14(20-3)8-11(10)12(16)9-17/h7-9,12H,4-6H2,1-3H3/t12-/m0/s1. The van der Waals surface area contributed by atoms with Crippen LogP contribution in [-0.2, 0) is 16.0 Å². The molecule has 0 spiro atoms. The molecule has 114 valence electrons. The number of hydrogen-bond acceptors (Lipinski definition) is 5. The Morgan fingerprint density at radius 3 is 2.57 bits per heavy atom. The minimum absolute atomic E-state index is 0.277. The highest BCUT2D eigenvalue weighted by Crippen LogP contribution is 2.37. The smallest absolute Gasteiger partial charge is 0.410 e. The van der Waals surface area contributed by atoms with Gasteiger partial charge in [-0.3, -0.25) is 4.90 Å². The van der Waals surface area contributed by atoms with E-state index in [9.17, 15) is 9.59 Å². The molecule has 6 nitrogen and oxygen atoms in total. The number of carbonyl (C=O) groups is 2. The Bertz CT molecular complexity index is 543. The summed E-state index contributed by atoms with van der Waals surface area (Å²) in [6, 6.07) is 2.94. The van der Waals surface area contributed by atoms with E-state index in [0.29, 0.717) is 24.5 Å². The number of amides is 1. The number of nitrogens with zero attached hydrogens (tertiary/aromatic N) is 1. The fraction of sp³-hybridized carbons (Fsp3) is 0.467. The first kappa shape index (κ1) is 15.2. The minimum Gasteiger partial charge on any atom is -0.493 e. The van der Waals surface area contributed by atoms with Crippen LogP contribution in [0.25, 0.3) is 0 Å². The molecule has 0 saturated heterocycles. The van der Waals surface area contributed by atoms with Crippen molar-refractivity contribution in [2.75, 3.05) is 27.4 Å². The van der Waals surface area contributed by atoms with Crippen LogP contribution in [0.3, 0.4) is 0 Å². The van der Waals surface area contributed by atoms with Crippen molar-refractivity contribution in [2.24, 2.45) is 0 Å². The highest BCUT2D eigenvalue weighted by Gasteiger charge is 2.32. The van der Waals surface area contributed by atoms with E-state index in [0.717, 1.165) is 17.4 Å². The minimum atomic E-state index is -0.660. The molecule has 1 heterocycles.